The van der Waals surface area contributed by atoms with Crippen molar-refractivity contribution < 1.29 is 8.42 Å². The Morgan fingerprint density at radius 1 is 1.12 bits per heavy atom. The first-order chi connectivity index (χ1) is 16.4. The van der Waals surface area contributed by atoms with Gasteiger partial charge in [-0.05, 0) is 69.6 Å². The van der Waals surface area contributed by atoms with Crippen LogP contribution in [-0.4, -0.2) is 64.1 Å². The second-order valence-electron chi connectivity index (χ2n) is 9.88. The first kappa shape index (κ1) is 23.2. The highest BCUT2D eigenvalue weighted by molar-refractivity contribution is 7.89. The lowest BCUT2D eigenvalue weighted by molar-refractivity contribution is 0.329. The lowest BCUT2D eigenvalue weighted by Crippen LogP contribution is -2.42. The highest BCUT2D eigenvalue weighted by Crippen LogP contribution is 2.33. The summed E-state index contributed by atoms with van der Waals surface area (Å²) in [6, 6.07) is 8.39. The van der Waals surface area contributed by atoms with Crippen molar-refractivity contribution in [2.45, 2.75) is 64.0 Å². The minimum absolute atomic E-state index is 0.0308. The quantitative estimate of drug-likeness (QED) is 0.552. The molecule has 1 unspecified atom stereocenters. The van der Waals surface area contributed by atoms with E-state index in [4.69, 9.17) is 0 Å². The molecule has 0 bridgehead atoms. The van der Waals surface area contributed by atoms with Crippen LogP contribution in [0.15, 0.2) is 36.8 Å². The number of hydrogen-bond donors (Lipinski definition) is 1. The molecule has 1 aliphatic carbocycles. The molecule has 5 rings (SSSR count). The number of sulfonamides is 1. The van der Waals surface area contributed by atoms with Gasteiger partial charge >= 0.3 is 0 Å². The van der Waals surface area contributed by atoms with Gasteiger partial charge in [0.25, 0.3) is 0 Å². The van der Waals surface area contributed by atoms with Gasteiger partial charge in [-0.1, -0.05) is 6.07 Å². The van der Waals surface area contributed by atoms with Crippen molar-refractivity contribution >= 4 is 26.9 Å². The maximum Gasteiger partial charge on any atom is 0.214 e. The average Bonchev–Trinajstić information content (AvgIpc) is 3.49. The molecule has 1 saturated carbocycles. The highest BCUT2D eigenvalue weighted by Gasteiger charge is 2.37. The van der Waals surface area contributed by atoms with Crippen LogP contribution in [0, 0.1) is 12.8 Å². The molecule has 2 aliphatic rings. The molecular weight excluding hydrogens is 448 g/mol. The second kappa shape index (κ2) is 9.62. The van der Waals surface area contributed by atoms with Gasteiger partial charge in [0.1, 0.15) is 17.8 Å². The summed E-state index contributed by atoms with van der Waals surface area (Å²) in [5, 5.41) is 1.03. The number of H-pyrrole nitrogens is 1. The largest absolute Gasteiger partial charge is 0.356 e. The van der Waals surface area contributed by atoms with Crippen molar-refractivity contribution in [2.75, 3.05) is 24.2 Å². The van der Waals surface area contributed by atoms with Gasteiger partial charge in [0.05, 0.1) is 11.1 Å². The predicted octanol–water partition coefficient (Wildman–Crippen LogP) is 3.69. The van der Waals surface area contributed by atoms with Crippen LogP contribution in [0.4, 0.5) is 5.82 Å². The van der Waals surface area contributed by atoms with Gasteiger partial charge in [0.2, 0.25) is 10.0 Å². The Balaban J connectivity index is 1.19. The van der Waals surface area contributed by atoms with Crippen molar-refractivity contribution in [3.8, 4) is 0 Å². The van der Waals surface area contributed by atoms with Crippen LogP contribution in [0.1, 0.15) is 49.9 Å². The lowest BCUT2D eigenvalue weighted by Gasteiger charge is -2.36. The number of hydrogen-bond acceptors (Lipinski definition) is 6. The van der Waals surface area contributed by atoms with Crippen molar-refractivity contribution in [3.05, 3.63) is 48.2 Å². The Bertz CT molecular complexity index is 1230. The molecule has 0 radical (unpaired) electrons. The summed E-state index contributed by atoms with van der Waals surface area (Å²) in [5.74, 6) is 1.41. The Morgan fingerprint density at radius 2 is 1.94 bits per heavy atom. The summed E-state index contributed by atoms with van der Waals surface area (Å²) in [4.78, 5) is 18.8. The summed E-state index contributed by atoms with van der Waals surface area (Å²) in [6.45, 7) is 2.61. The van der Waals surface area contributed by atoms with Crippen molar-refractivity contribution in [3.63, 3.8) is 0 Å². The molecule has 0 aromatic carbocycles. The number of anilines is 1. The smallest absolute Gasteiger partial charge is 0.214 e. The Kier molecular flexibility index (Phi) is 6.57. The average molecular weight is 483 g/mol. The van der Waals surface area contributed by atoms with E-state index in [9.17, 15) is 8.42 Å². The number of nitrogens with one attached hydrogen (secondary N) is 1. The number of aromatic amines is 1. The summed E-state index contributed by atoms with van der Waals surface area (Å²) in [5.41, 5.74) is 2.81. The van der Waals surface area contributed by atoms with Crippen LogP contribution in [-0.2, 0) is 16.4 Å². The Labute approximate surface area is 201 Å². The second-order valence-corrected chi connectivity index (χ2v) is 11.8. The first-order valence-electron chi connectivity index (χ1n) is 12.3. The first-order valence-corrected chi connectivity index (χ1v) is 13.9. The van der Waals surface area contributed by atoms with Gasteiger partial charge < -0.3 is 9.88 Å². The number of aromatic nitrogens is 4. The van der Waals surface area contributed by atoms with Gasteiger partial charge in [-0.3, -0.25) is 4.98 Å². The molecule has 182 valence electrons. The molecule has 1 atom stereocenters. The van der Waals surface area contributed by atoms with E-state index in [0.717, 1.165) is 66.8 Å². The molecule has 34 heavy (non-hydrogen) atoms. The molecule has 3 aromatic heterocycles. The number of rotatable bonds is 7. The zero-order chi connectivity index (χ0) is 23.7. The van der Waals surface area contributed by atoms with Crippen LogP contribution in [0.25, 0.3) is 11.0 Å². The van der Waals surface area contributed by atoms with Crippen molar-refractivity contribution in [1.29, 1.82) is 0 Å². The topological polar surface area (TPSA) is 95.1 Å². The van der Waals surface area contributed by atoms with E-state index in [0.29, 0.717) is 19.0 Å². The number of nitrogens with zero attached hydrogens (tertiary/aromatic N) is 5. The van der Waals surface area contributed by atoms with E-state index in [1.807, 2.05) is 37.4 Å². The third-order valence-electron chi connectivity index (χ3n) is 7.55. The summed E-state index contributed by atoms with van der Waals surface area (Å²) < 4.78 is 28.6. The van der Waals surface area contributed by atoms with E-state index >= 15 is 0 Å². The van der Waals surface area contributed by atoms with Crippen LogP contribution >= 0.6 is 0 Å². The maximum absolute atomic E-state index is 13.4. The van der Waals surface area contributed by atoms with Crippen molar-refractivity contribution in [1.82, 2.24) is 24.2 Å². The molecular formula is C25H34N6O2S. The minimum Gasteiger partial charge on any atom is -0.356 e. The van der Waals surface area contributed by atoms with Gasteiger partial charge in [0.15, 0.2) is 0 Å². The van der Waals surface area contributed by atoms with Crippen LogP contribution in [0.5, 0.6) is 0 Å². The van der Waals surface area contributed by atoms with E-state index in [-0.39, 0.29) is 17.7 Å². The molecule has 3 aromatic rings. The summed E-state index contributed by atoms with van der Waals surface area (Å²) in [7, 11) is -1.20. The summed E-state index contributed by atoms with van der Waals surface area (Å²) in [6.07, 6.45) is 9.83. The maximum atomic E-state index is 13.4. The fraction of sp³-hybridized carbons (Fsp3) is 0.560. The molecule has 9 heteroatoms. The predicted molar refractivity (Wildman–Crippen MR) is 134 cm³/mol. The van der Waals surface area contributed by atoms with Gasteiger partial charge in [-0.15, -0.1) is 0 Å². The monoisotopic (exact) mass is 482 g/mol. The minimum atomic E-state index is -3.28. The highest BCUT2D eigenvalue weighted by atomic mass is 32.2. The normalized spacial score (nSPS) is 24.0. The standard InChI is InChI=1S/C25H34N6O2S/c1-18-5-3-6-20(29-18)15-22-7-4-14-31(22)34(32,33)16-19-8-10-21(11-9-19)30(2)25-23-12-13-26-24(23)27-17-28-25/h3,5-6,12-13,17,19,21-22H,4,7-11,14-16H2,1-2H3,(H,26,27,28)/t19-,21-,22?. The third-order valence-corrected chi connectivity index (χ3v) is 9.64. The Morgan fingerprint density at radius 3 is 2.74 bits per heavy atom. The van der Waals surface area contributed by atoms with E-state index in [1.54, 1.807) is 10.6 Å². The number of aryl methyl sites for hydroxylation is 1. The molecule has 0 spiro atoms. The molecule has 8 nitrogen and oxygen atoms in total. The fourth-order valence-electron chi connectivity index (χ4n) is 5.74. The SMILES string of the molecule is Cc1cccc(CC2CCCN2S(=O)(=O)C[C@H]2CC[C@H](N(C)c3ncnc4[nH]ccc34)CC2)n1. The van der Waals surface area contributed by atoms with Crippen LogP contribution in [0.2, 0.25) is 0 Å². The molecule has 0 amide bonds. The lowest BCUT2D eigenvalue weighted by atomic mass is 9.86. The third kappa shape index (κ3) is 4.81. The van der Waals surface area contributed by atoms with E-state index in [1.165, 1.54) is 0 Å². The molecule has 1 N–H and O–H groups in total. The zero-order valence-corrected chi connectivity index (χ0v) is 20.8. The van der Waals surface area contributed by atoms with Crippen LogP contribution < -0.4 is 4.90 Å². The van der Waals surface area contributed by atoms with Gasteiger partial charge in [-0.2, -0.15) is 4.31 Å². The Hall–Kier alpha value is -2.52. The molecule has 1 saturated heterocycles. The number of fused-ring (bicyclic) bond motifs is 1. The zero-order valence-electron chi connectivity index (χ0n) is 20.0. The fourth-order valence-corrected chi connectivity index (χ4v) is 7.90. The molecule has 4 heterocycles. The van der Waals surface area contributed by atoms with Crippen LogP contribution in [0.3, 0.4) is 0 Å². The van der Waals surface area contributed by atoms with Crippen molar-refractivity contribution in [2.24, 2.45) is 5.92 Å². The molecule has 2 fully saturated rings. The molecule has 1 aliphatic heterocycles. The van der Waals surface area contributed by atoms with Gasteiger partial charge in [0, 0.05) is 49.7 Å². The van der Waals surface area contributed by atoms with Gasteiger partial charge in [-0.25, -0.2) is 18.4 Å². The van der Waals surface area contributed by atoms with E-state index < -0.39 is 10.0 Å². The summed E-state index contributed by atoms with van der Waals surface area (Å²) >= 11 is 0. The number of pyridine rings is 1. The van der Waals surface area contributed by atoms with E-state index in [2.05, 4.69) is 31.9 Å².